The molecule has 1 aromatic heterocycles. The zero-order valence-electron chi connectivity index (χ0n) is 16.5. The van der Waals surface area contributed by atoms with Crippen LogP contribution >= 0.6 is 11.8 Å². The van der Waals surface area contributed by atoms with E-state index in [2.05, 4.69) is 9.98 Å². The minimum atomic E-state index is -3.86. The van der Waals surface area contributed by atoms with Crippen LogP contribution in [-0.4, -0.2) is 47.6 Å². The van der Waals surface area contributed by atoms with Crippen molar-refractivity contribution in [2.24, 2.45) is 10.7 Å². The molecule has 2 heterocycles. The van der Waals surface area contributed by atoms with Crippen molar-refractivity contribution in [3.8, 4) is 5.75 Å². The molecule has 0 saturated carbocycles. The van der Waals surface area contributed by atoms with Crippen LogP contribution in [0.1, 0.15) is 11.1 Å². The highest BCUT2D eigenvalue weighted by atomic mass is 32.2. The number of nitrogens with zero attached hydrogens (tertiary/aromatic N) is 3. The van der Waals surface area contributed by atoms with Crippen molar-refractivity contribution < 1.29 is 17.4 Å². The number of aromatic nitrogens is 2. The van der Waals surface area contributed by atoms with Gasteiger partial charge in [-0.15, -0.1) is 0 Å². The molecule has 31 heavy (non-hydrogen) atoms. The minimum absolute atomic E-state index is 0.00431. The van der Waals surface area contributed by atoms with E-state index in [1.807, 2.05) is 30.3 Å². The number of anilines is 1. The number of imidazole rings is 1. The van der Waals surface area contributed by atoms with Gasteiger partial charge in [0.05, 0.1) is 18.3 Å². The Morgan fingerprint density at radius 3 is 2.58 bits per heavy atom. The second-order valence-electron chi connectivity index (χ2n) is 6.77. The molecule has 0 atom stereocenters. The molecule has 0 spiro atoms. The van der Waals surface area contributed by atoms with Gasteiger partial charge in [-0.05, 0) is 28.8 Å². The first-order chi connectivity index (χ1) is 14.7. The van der Waals surface area contributed by atoms with Crippen LogP contribution in [0, 0.1) is 0 Å². The van der Waals surface area contributed by atoms with Gasteiger partial charge in [0.2, 0.25) is 11.9 Å². The van der Waals surface area contributed by atoms with E-state index >= 15 is 0 Å². The number of hydrogen-bond acceptors (Lipinski definition) is 8. The van der Waals surface area contributed by atoms with Gasteiger partial charge in [-0.2, -0.15) is 8.42 Å². The molecule has 1 aliphatic heterocycles. The van der Waals surface area contributed by atoms with Gasteiger partial charge in [-0.1, -0.05) is 42.1 Å². The predicted molar refractivity (Wildman–Crippen MR) is 122 cm³/mol. The molecule has 4 rings (SSSR count). The largest absolute Gasteiger partial charge is 0.380 e. The lowest BCUT2D eigenvalue weighted by Crippen LogP contribution is -2.10. The first-order valence-electron chi connectivity index (χ1n) is 9.19. The number of hydrogen-bond donors (Lipinski definition) is 2. The van der Waals surface area contributed by atoms with Gasteiger partial charge < -0.3 is 15.7 Å². The number of aliphatic imine (C=N–C) groups is 1. The first-order valence-corrected chi connectivity index (χ1v) is 12.0. The number of nitrogen functional groups attached to an aromatic ring is 1. The van der Waals surface area contributed by atoms with Crippen molar-refractivity contribution in [3.63, 3.8) is 0 Å². The Kier molecular flexibility index (Phi) is 5.46. The summed E-state index contributed by atoms with van der Waals surface area (Å²) in [6, 6.07) is 12.4. The summed E-state index contributed by atoms with van der Waals surface area (Å²) < 4.78 is 30.7. The van der Waals surface area contributed by atoms with Crippen molar-refractivity contribution in [1.29, 1.82) is 0 Å². The van der Waals surface area contributed by atoms with Crippen molar-refractivity contribution >= 4 is 55.5 Å². The van der Waals surface area contributed by atoms with Crippen LogP contribution in [0.5, 0.6) is 5.75 Å². The van der Waals surface area contributed by atoms with E-state index in [0.717, 1.165) is 17.6 Å². The van der Waals surface area contributed by atoms with Crippen LogP contribution in [0.25, 0.3) is 16.6 Å². The van der Waals surface area contributed by atoms with Crippen LogP contribution in [0.3, 0.4) is 0 Å². The molecule has 3 aromatic rings. The highest BCUT2D eigenvalue weighted by molar-refractivity contribution is 8.14. The summed E-state index contributed by atoms with van der Waals surface area (Å²) in [7, 11) is -3.86. The lowest BCUT2D eigenvalue weighted by Gasteiger charge is -2.12. The monoisotopic (exact) mass is 457 g/mol. The Bertz CT molecular complexity index is 1340. The number of fused-ring (bicyclic) bond motifs is 1. The maximum atomic E-state index is 11.9. The zero-order chi connectivity index (χ0) is 22.2. The molecule has 0 unspecified atom stereocenters. The zero-order valence-corrected chi connectivity index (χ0v) is 18.1. The third kappa shape index (κ3) is 4.42. The number of primary amides is 1. The Labute approximate surface area is 182 Å². The highest BCUT2D eigenvalue weighted by Gasteiger charge is 2.23. The van der Waals surface area contributed by atoms with Gasteiger partial charge in [0, 0.05) is 11.8 Å². The highest BCUT2D eigenvalue weighted by Crippen LogP contribution is 2.35. The van der Waals surface area contributed by atoms with E-state index in [1.54, 1.807) is 10.6 Å². The summed E-state index contributed by atoms with van der Waals surface area (Å²) in [5, 5.41) is 0.655. The Hall–Kier alpha value is -3.31. The summed E-state index contributed by atoms with van der Waals surface area (Å²) in [5.41, 5.74) is 14.1. The first kappa shape index (κ1) is 20.9. The van der Waals surface area contributed by atoms with E-state index in [0.29, 0.717) is 28.4 Å². The fourth-order valence-corrected chi connectivity index (χ4v) is 4.62. The summed E-state index contributed by atoms with van der Waals surface area (Å²) in [6.45, 7) is 0.641. The smallest absolute Gasteiger partial charge is 0.306 e. The van der Waals surface area contributed by atoms with Crippen molar-refractivity contribution in [2.45, 2.75) is 0 Å². The third-order valence-electron chi connectivity index (χ3n) is 4.44. The van der Waals surface area contributed by atoms with Crippen molar-refractivity contribution in [1.82, 2.24) is 9.55 Å². The van der Waals surface area contributed by atoms with E-state index in [4.69, 9.17) is 15.7 Å². The average Bonchev–Trinajstić information content (AvgIpc) is 3.32. The summed E-state index contributed by atoms with van der Waals surface area (Å²) in [4.78, 5) is 20.5. The summed E-state index contributed by atoms with van der Waals surface area (Å²) in [5.74, 6) is 0.305. The molecule has 1 amide bonds. The number of nitrogens with two attached hydrogens (primary N) is 2. The Morgan fingerprint density at radius 1 is 1.23 bits per heavy atom. The molecule has 160 valence electrons. The van der Waals surface area contributed by atoms with Gasteiger partial charge in [0.1, 0.15) is 5.52 Å². The molecule has 0 aliphatic carbocycles. The molecule has 0 radical (unpaired) electrons. The average molecular weight is 458 g/mol. The maximum Gasteiger partial charge on any atom is 0.306 e. The fourth-order valence-electron chi connectivity index (χ4n) is 3.30. The molecular formula is C20H19N5O4S2. The number of carbonyl (C=O) groups is 1. The quantitative estimate of drug-likeness (QED) is 0.439. The van der Waals surface area contributed by atoms with Crippen LogP contribution in [0.4, 0.5) is 5.95 Å². The van der Waals surface area contributed by atoms with Gasteiger partial charge >= 0.3 is 10.1 Å². The molecule has 11 heteroatoms. The minimum Gasteiger partial charge on any atom is -0.380 e. The molecule has 0 bridgehead atoms. The van der Waals surface area contributed by atoms with E-state index in [1.165, 1.54) is 23.9 Å². The van der Waals surface area contributed by atoms with Crippen molar-refractivity contribution in [2.75, 3.05) is 24.3 Å². The molecule has 0 saturated heterocycles. The summed E-state index contributed by atoms with van der Waals surface area (Å²) >= 11 is 1.51. The predicted octanol–water partition coefficient (Wildman–Crippen LogP) is 1.82. The van der Waals surface area contributed by atoms with Crippen LogP contribution in [0.2, 0.25) is 0 Å². The number of carbonyl (C=O) groups excluding carboxylic acids is 1. The van der Waals surface area contributed by atoms with Crippen molar-refractivity contribution in [3.05, 3.63) is 59.7 Å². The SMILES string of the molecule is CS(=O)(=O)Oc1cc(/C(=C/C(N)=O)c2ccccc2)cc2c1nc(N)n2C1=NCCS1. The third-order valence-corrected chi connectivity index (χ3v) is 5.87. The molecule has 9 nitrogen and oxygen atoms in total. The second-order valence-corrected chi connectivity index (χ2v) is 9.41. The number of thioether (sulfide) groups is 1. The molecule has 0 fully saturated rings. The Morgan fingerprint density at radius 2 is 1.97 bits per heavy atom. The summed E-state index contributed by atoms with van der Waals surface area (Å²) in [6.07, 6.45) is 2.23. The number of rotatable bonds is 5. The van der Waals surface area contributed by atoms with Gasteiger partial charge in [0.15, 0.2) is 10.9 Å². The van der Waals surface area contributed by atoms with Crippen LogP contribution < -0.4 is 15.7 Å². The van der Waals surface area contributed by atoms with Crippen LogP contribution in [0.15, 0.2) is 53.5 Å². The van der Waals surface area contributed by atoms with Gasteiger partial charge in [-0.3, -0.25) is 14.4 Å². The molecule has 1 aliphatic rings. The number of amides is 1. The van der Waals surface area contributed by atoms with E-state index < -0.39 is 16.0 Å². The lowest BCUT2D eigenvalue weighted by atomic mass is 9.96. The van der Waals surface area contributed by atoms with Crippen LogP contribution in [-0.2, 0) is 14.9 Å². The normalized spacial score (nSPS) is 14.6. The Balaban J connectivity index is 2.03. The lowest BCUT2D eigenvalue weighted by molar-refractivity contribution is -0.113. The number of benzene rings is 2. The maximum absolute atomic E-state index is 11.9. The standard InChI is InChI=1S/C20H19N5O4S2/c1-31(27,28)29-16-10-13(14(11-17(21)26)12-5-3-2-4-6-12)9-15-18(16)24-19(22)25(15)20-23-7-8-30-20/h2-6,9-11H,7-8H2,1H3,(H2,21,26)(H2,22,24)/b14-11+. The fraction of sp³-hybridized carbons (Fsp3) is 0.150. The molecule has 2 aromatic carbocycles. The molecular weight excluding hydrogens is 438 g/mol. The van der Waals surface area contributed by atoms with E-state index in [-0.39, 0.29) is 17.2 Å². The van der Waals surface area contributed by atoms with Gasteiger partial charge in [0.25, 0.3) is 0 Å². The van der Waals surface area contributed by atoms with E-state index in [9.17, 15) is 13.2 Å². The topological polar surface area (TPSA) is 143 Å². The van der Waals surface area contributed by atoms with Gasteiger partial charge in [-0.25, -0.2) is 4.98 Å². The molecule has 4 N–H and O–H groups in total. The second kappa shape index (κ2) is 8.08.